The highest BCUT2D eigenvalue weighted by Gasteiger charge is 2.18. The smallest absolute Gasteiger partial charge is 0.305 e. The molecule has 0 bridgehead atoms. The molecule has 2 unspecified atom stereocenters. The van der Waals surface area contributed by atoms with Gasteiger partial charge in [0.25, 0.3) is 0 Å². The van der Waals surface area contributed by atoms with E-state index in [4.69, 9.17) is 4.74 Å². The Kier molecular flexibility index (Phi) is 76.3. The van der Waals surface area contributed by atoms with Gasteiger partial charge in [-0.1, -0.05) is 390 Å². The monoisotopic (exact) mass is 1250 g/mol. The lowest BCUT2D eigenvalue weighted by molar-refractivity contribution is -0.143. The zero-order valence-electron chi connectivity index (χ0n) is 60.2. The van der Waals surface area contributed by atoms with Crippen LogP contribution in [0.5, 0.6) is 0 Å². The summed E-state index contributed by atoms with van der Waals surface area (Å²) in [4.78, 5) is 24.6. The molecule has 0 spiro atoms. The van der Waals surface area contributed by atoms with E-state index in [0.29, 0.717) is 19.4 Å². The van der Waals surface area contributed by atoms with Crippen molar-refractivity contribution >= 4 is 11.9 Å². The molecule has 0 aliphatic carbocycles. The molecule has 0 aliphatic rings. The van der Waals surface area contributed by atoms with Gasteiger partial charge in [-0.2, -0.15) is 0 Å². The van der Waals surface area contributed by atoms with E-state index < -0.39 is 12.1 Å². The second-order valence-corrected chi connectivity index (χ2v) is 27.7. The maximum Gasteiger partial charge on any atom is 0.305 e. The number of carbonyl (C=O) groups is 2. The fraction of sp³-hybridized carbons (Fsp3) is 0.880. The van der Waals surface area contributed by atoms with Crippen LogP contribution in [0.4, 0.5) is 0 Å². The number of aliphatic hydroxyl groups excluding tert-OH is 2. The Morgan fingerprint density at radius 3 is 0.865 bits per heavy atom. The third-order valence-electron chi connectivity index (χ3n) is 18.8. The molecule has 0 fully saturated rings. The molecule has 0 saturated carbocycles. The van der Waals surface area contributed by atoms with Crippen LogP contribution in [0.25, 0.3) is 0 Å². The second kappa shape index (κ2) is 78.3. The van der Waals surface area contributed by atoms with E-state index in [1.165, 1.54) is 366 Å². The predicted molar refractivity (Wildman–Crippen MR) is 393 cm³/mol. The Morgan fingerprint density at radius 1 is 0.315 bits per heavy atom. The minimum Gasteiger partial charge on any atom is -0.466 e. The molecule has 0 rings (SSSR count). The molecular formula is C83H157NO5. The Hall–Kier alpha value is -2.18. The second-order valence-electron chi connectivity index (χ2n) is 27.7. The molecule has 0 aromatic carbocycles. The molecule has 0 aliphatic heterocycles. The molecule has 2 atom stereocenters. The van der Waals surface area contributed by atoms with Crippen molar-refractivity contribution in [1.29, 1.82) is 0 Å². The van der Waals surface area contributed by atoms with Gasteiger partial charge >= 0.3 is 5.97 Å². The summed E-state index contributed by atoms with van der Waals surface area (Å²) < 4.78 is 5.50. The number of carbonyl (C=O) groups excluding carboxylic acids is 2. The van der Waals surface area contributed by atoms with E-state index in [1.54, 1.807) is 6.08 Å². The maximum absolute atomic E-state index is 12.5. The normalized spacial score (nSPS) is 12.7. The number of nitrogens with one attached hydrogen (secondary N) is 1. The fourth-order valence-electron chi connectivity index (χ4n) is 12.7. The van der Waals surface area contributed by atoms with Crippen LogP contribution in [0.2, 0.25) is 0 Å². The summed E-state index contributed by atoms with van der Waals surface area (Å²) in [6.07, 6.45) is 104. The maximum atomic E-state index is 12.5. The first kappa shape index (κ1) is 86.8. The van der Waals surface area contributed by atoms with E-state index >= 15 is 0 Å². The van der Waals surface area contributed by atoms with E-state index in [9.17, 15) is 19.8 Å². The van der Waals surface area contributed by atoms with Gasteiger partial charge in [-0.3, -0.25) is 9.59 Å². The minimum atomic E-state index is -0.844. The van der Waals surface area contributed by atoms with Crippen molar-refractivity contribution < 1.29 is 24.5 Å². The number of aliphatic hydroxyl groups is 2. The molecule has 0 heterocycles. The van der Waals surface area contributed by atoms with E-state index in [2.05, 4.69) is 55.6 Å². The van der Waals surface area contributed by atoms with Crippen molar-refractivity contribution in [3.63, 3.8) is 0 Å². The lowest BCUT2D eigenvalue weighted by Gasteiger charge is -2.20. The van der Waals surface area contributed by atoms with Gasteiger partial charge in [-0.05, 0) is 89.9 Å². The molecule has 524 valence electrons. The summed E-state index contributed by atoms with van der Waals surface area (Å²) in [5.74, 6) is -0.0502. The van der Waals surface area contributed by atoms with Crippen molar-refractivity contribution in [1.82, 2.24) is 5.32 Å². The van der Waals surface area contributed by atoms with Crippen molar-refractivity contribution in [2.24, 2.45) is 0 Å². The lowest BCUT2D eigenvalue weighted by Crippen LogP contribution is -2.45. The molecular weight excluding hydrogens is 1090 g/mol. The number of rotatable bonds is 76. The predicted octanol–water partition coefficient (Wildman–Crippen LogP) is 26.8. The molecule has 89 heavy (non-hydrogen) atoms. The average Bonchev–Trinajstić information content (AvgIpc) is 3.63. The zero-order chi connectivity index (χ0) is 64.2. The lowest BCUT2D eigenvalue weighted by atomic mass is 10.0. The molecule has 0 aromatic rings. The van der Waals surface area contributed by atoms with Crippen LogP contribution in [0, 0.1) is 0 Å². The van der Waals surface area contributed by atoms with Gasteiger partial charge in [0, 0.05) is 12.8 Å². The van der Waals surface area contributed by atoms with Crippen LogP contribution < -0.4 is 5.32 Å². The molecule has 0 saturated heterocycles. The van der Waals surface area contributed by atoms with Crippen LogP contribution in [-0.4, -0.2) is 47.4 Å². The average molecular weight is 1250 g/mol. The molecule has 3 N–H and O–H groups in total. The number of hydrogen-bond donors (Lipinski definition) is 3. The highest BCUT2D eigenvalue weighted by atomic mass is 16.5. The topological polar surface area (TPSA) is 95.9 Å². The highest BCUT2D eigenvalue weighted by molar-refractivity contribution is 5.76. The van der Waals surface area contributed by atoms with Gasteiger partial charge in [0.15, 0.2) is 0 Å². The van der Waals surface area contributed by atoms with Crippen LogP contribution >= 0.6 is 0 Å². The summed E-state index contributed by atoms with van der Waals surface area (Å²) in [5, 5.41) is 23.3. The summed E-state index contributed by atoms with van der Waals surface area (Å²) in [7, 11) is 0. The van der Waals surface area contributed by atoms with Gasteiger partial charge in [0.1, 0.15) is 0 Å². The number of ether oxygens (including phenoxy) is 1. The Labute approximate surface area is 556 Å². The van der Waals surface area contributed by atoms with E-state index in [1.807, 2.05) is 6.08 Å². The Morgan fingerprint density at radius 2 is 0.562 bits per heavy atom. The van der Waals surface area contributed by atoms with Crippen molar-refractivity contribution in [3.05, 3.63) is 48.6 Å². The SMILES string of the molecule is CCCCCCCC/C=C\CCCCCCCC(=O)OCCCCCCCCCCCCCCC/C=C\C/C=C\CCCCCCCCCCCCCCCCCCCC(=O)NC(CO)C(O)/C=C/CCCCCCCCCCCCCCCCCCCC. The molecule has 1 amide bonds. The first-order valence-electron chi connectivity index (χ1n) is 40.4. The number of amides is 1. The van der Waals surface area contributed by atoms with Crippen molar-refractivity contribution in [2.45, 2.75) is 456 Å². The van der Waals surface area contributed by atoms with Crippen molar-refractivity contribution in [2.75, 3.05) is 13.2 Å². The molecule has 0 aromatic heterocycles. The number of unbranched alkanes of at least 4 members (excludes halogenated alkanes) is 59. The standard InChI is InChI=1S/C83H157NO5/c1-3-5-7-9-11-13-15-17-19-20-21-41-44-48-51-55-59-63-67-71-75-81(86)80(79-85)84-82(87)76-72-68-64-60-56-52-49-45-42-39-37-35-33-31-29-27-25-23-22-24-26-28-30-32-34-36-38-40-43-46-50-54-58-62-66-70-74-78-89-83(88)77-73-69-65-61-57-53-47-18-16-14-12-10-8-6-4-2/h18,22,24,28,30,47,71,75,80-81,85-86H,3-17,19-21,23,25-27,29,31-46,48-70,72-74,76-79H2,1-2H3,(H,84,87)/b24-22-,30-28-,47-18-,75-71+. The van der Waals surface area contributed by atoms with Gasteiger partial charge in [-0.25, -0.2) is 0 Å². The molecule has 0 radical (unpaired) electrons. The molecule has 6 nitrogen and oxygen atoms in total. The van der Waals surface area contributed by atoms with Crippen LogP contribution in [0.1, 0.15) is 444 Å². The fourth-order valence-corrected chi connectivity index (χ4v) is 12.7. The third kappa shape index (κ3) is 74.7. The number of allylic oxidation sites excluding steroid dienone is 7. The largest absolute Gasteiger partial charge is 0.466 e. The van der Waals surface area contributed by atoms with Gasteiger partial charge in [0.2, 0.25) is 5.91 Å². The van der Waals surface area contributed by atoms with Gasteiger partial charge < -0.3 is 20.3 Å². The summed E-state index contributed by atoms with van der Waals surface area (Å²) in [5.41, 5.74) is 0. The van der Waals surface area contributed by atoms with Crippen LogP contribution in [0.3, 0.4) is 0 Å². The van der Waals surface area contributed by atoms with Crippen molar-refractivity contribution in [3.8, 4) is 0 Å². The van der Waals surface area contributed by atoms with E-state index in [0.717, 1.165) is 51.4 Å². The van der Waals surface area contributed by atoms with Gasteiger partial charge in [-0.15, -0.1) is 0 Å². The Bertz CT molecular complexity index is 1490. The first-order chi connectivity index (χ1) is 44.0. The minimum absolute atomic E-state index is 0.0111. The molecule has 6 heteroatoms. The van der Waals surface area contributed by atoms with Crippen LogP contribution in [-0.2, 0) is 14.3 Å². The first-order valence-corrected chi connectivity index (χ1v) is 40.4. The summed E-state index contributed by atoms with van der Waals surface area (Å²) in [6, 6.07) is -0.627. The van der Waals surface area contributed by atoms with Crippen LogP contribution in [0.15, 0.2) is 48.6 Å². The number of hydrogen-bond acceptors (Lipinski definition) is 5. The van der Waals surface area contributed by atoms with E-state index in [-0.39, 0.29) is 18.5 Å². The van der Waals surface area contributed by atoms with Gasteiger partial charge in [0.05, 0.1) is 25.4 Å². The zero-order valence-corrected chi connectivity index (χ0v) is 60.2. The quantitative estimate of drug-likeness (QED) is 0.0320. The highest BCUT2D eigenvalue weighted by Crippen LogP contribution is 2.19. The third-order valence-corrected chi connectivity index (χ3v) is 18.8. The Balaban J connectivity index is 3.38. The summed E-state index contributed by atoms with van der Waals surface area (Å²) in [6.45, 7) is 4.94. The number of esters is 1. The summed E-state index contributed by atoms with van der Waals surface area (Å²) >= 11 is 0.